The third kappa shape index (κ3) is 4.61. The lowest BCUT2D eigenvalue weighted by molar-refractivity contribution is -0.113. The molecule has 0 radical (unpaired) electrons. The van der Waals surface area contributed by atoms with Gasteiger partial charge in [-0.15, -0.1) is 10.2 Å². The van der Waals surface area contributed by atoms with Gasteiger partial charge in [-0.1, -0.05) is 42.3 Å². The number of pyridine rings is 1. The number of hydrogen-bond acceptors (Lipinski definition) is 6. The Morgan fingerprint density at radius 3 is 2.74 bits per heavy atom. The molecule has 1 aromatic carbocycles. The highest BCUT2D eigenvalue weighted by molar-refractivity contribution is 7.99. The number of rotatable bonds is 7. The van der Waals surface area contributed by atoms with Crippen LogP contribution < -0.4 is 5.32 Å². The lowest BCUT2D eigenvalue weighted by Crippen LogP contribution is -2.19. The summed E-state index contributed by atoms with van der Waals surface area (Å²) in [6.45, 7) is 4.14. The van der Waals surface area contributed by atoms with E-state index < -0.39 is 0 Å². The van der Waals surface area contributed by atoms with E-state index in [4.69, 9.17) is 0 Å². The van der Waals surface area contributed by atoms with Gasteiger partial charge in [-0.3, -0.25) is 14.3 Å². The van der Waals surface area contributed by atoms with Gasteiger partial charge in [0, 0.05) is 24.0 Å². The van der Waals surface area contributed by atoms with Crippen LogP contribution in [0.4, 0.5) is 5.82 Å². The Morgan fingerprint density at radius 2 is 1.97 bits per heavy atom. The number of aromatic nitrogens is 6. The Balaban J connectivity index is 1.38. The molecule has 3 heterocycles. The number of carbonyl (C=O) groups excluding carboxylic acids is 1. The molecule has 174 valence electrons. The zero-order valence-corrected chi connectivity index (χ0v) is 20.1. The minimum atomic E-state index is -0.0946. The van der Waals surface area contributed by atoms with Crippen LogP contribution in [0.1, 0.15) is 42.9 Å². The van der Waals surface area contributed by atoms with Crippen molar-refractivity contribution in [2.45, 2.75) is 50.7 Å². The van der Waals surface area contributed by atoms with Crippen LogP contribution in [0.5, 0.6) is 0 Å². The zero-order chi connectivity index (χ0) is 23.5. The summed E-state index contributed by atoms with van der Waals surface area (Å²) in [7, 11) is 0. The molecule has 0 atom stereocenters. The molecule has 1 N–H and O–H groups in total. The van der Waals surface area contributed by atoms with E-state index >= 15 is 0 Å². The summed E-state index contributed by atoms with van der Waals surface area (Å²) in [5.41, 5.74) is 4.14. The second kappa shape index (κ2) is 9.80. The number of aryl methyl sites for hydroxylation is 2. The number of nitrogens with zero attached hydrogens (tertiary/aromatic N) is 6. The van der Waals surface area contributed by atoms with Gasteiger partial charge in [0.1, 0.15) is 5.82 Å². The zero-order valence-electron chi connectivity index (χ0n) is 19.3. The van der Waals surface area contributed by atoms with Gasteiger partial charge in [0.15, 0.2) is 11.0 Å². The van der Waals surface area contributed by atoms with Gasteiger partial charge in [0.25, 0.3) is 0 Å². The average molecular weight is 474 g/mol. The molecule has 5 rings (SSSR count). The van der Waals surface area contributed by atoms with Gasteiger partial charge in [0.05, 0.1) is 23.7 Å². The first-order valence-corrected chi connectivity index (χ1v) is 12.5. The fraction of sp³-hybridized carbons (Fsp3) is 0.320. The molecule has 9 heteroatoms. The number of benzene rings is 1. The van der Waals surface area contributed by atoms with Crippen molar-refractivity contribution in [1.82, 2.24) is 29.5 Å². The highest BCUT2D eigenvalue weighted by Gasteiger charge is 2.22. The maximum absolute atomic E-state index is 12.8. The molecular weight excluding hydrogens is 446 g/mol. The summed E-state index contributed by atoms with van der Waals surface area (Å²) in [4.78, 5) is 17.1. The van der Waals surface area contributed by atoms with Gasteiger partial charge in [-0.25, -0.2) is 4.68 Å². The van der Waals surface area contributed by atoms with Crippen LogP contribution in [-0.2, 0) is 4.79 Å². The first kappa shape index (κ1) is 22.3. The number of hydrogen-bond donors (Lipinski definition) is 1. The molecule has 8 nitrogen and oxygen atoms in total. The van der Waals surface area contributed by atoms with Crippen molar-refractivity contribution >= 4 is 23.5 Å². The van der Waals surface area contributed by atoms with E-state index in [9.17, 15) is 4.79 Å². The summed E-state index contributed by atoms with van der Waals surface area (Å²) in [5.74, 6) is 1.57. The van der Waals surface area contributed by atoms with E-state index in [0.29, 0.717) is 17.0 Å². The maximum Gasteiger partial charge on any atom is 0.235 e. The normalized spacial score (nSPS) is 13.9. The minimum absolute atomic E-state index is 0.0946. The van der Waals surface area contributed by atoms with Crippen LogP contribution in [0.2, 0.25) is 0 Å². The summed E-state index contributed by atoms with van der Waals surface area (Å²) >= 11 is 1.37. The fourth-order valence-corrected chi connectivity index (χ4v) is 5.23. The first-order chi connectivity index (χ1) is 16.6. The molecule has 0 saturated heterocycles. The maximum atomic E-state index is 12.8. The topological polar surface area (TPSA) is 90.5 Å². The molecule has 34 heavy (non-hydrogen) atoms. The molecule has 0 spiro atoms. The van der Waals surface area contributed by atoms with E-state index in [0.717, 1.165) is 35.5 Å². The van der Waals surface area contributed by atoms with Gasteiger partial charge < -0.3 is 5.32 Å². The molecule has 4 aromatic rings. The lowest BCUT2D eigenvalue weighted by Gasteiger charge is -2.15. The third-order valence-electron chi connectivity index (χ3n) is 6.09. The Bertz CT molecular complexity index is 1290. The fourth-order valence-electron chi connectivity index (χ4n) is 4.48. The minimum Gasteiger partial charge on any atom is -0.310 e. The quantitative estimate of drug-likeness (QED) is 0.380. The molecule has 3 aromatic heterocycles. The van der Waals surface area contributed by atoms with Crippen LogP contribution in [0.3, 0.4) is 0 Å². The monoisotopic (exact) mass is 473 g/mol. The SMILES string of the molecule is Cc1ccc(-n2c(SCC(=O)Nc3ccnn3C3CCCC3)nnc2-c2cccnc2)c(C)c1. The highest BCUT2D eigenvalue weighted by atomic mass is 32.2. The summed E-state index contributed by atoms with van der Waals surface area (Å²) < 4.78 is 3.96. The van der Waals surface area contributed by atoms with Gasteiger partial charge in [-0.2, -0.15) is 5.10 Å². The Kier molecular flexibility index (Phi) is 6.44. The van der Waals surface area contributed by atoms with Crippen LogP contribution in [0.25, 0.3) is 17.1 Å². The van der Waals surface area contributed by atoms with Gasteiger partial charge >= 0.3 is 0 Å². The Hall–Kier alpha value is -3.46. The molecular formula is C25H27N7OS. The molecule has 0 aliphatic heterocycles. The molecule has 1 aliphatic carbocycles. The van der Waals surface area contributed by atoms with Gasteiger partial charge in [0.2, 0.25) is 5.91 Å². The molecule has 1 fully saturated rings. The number of anilines is 1. The molecule has 1 saturated carbocycles. The van der Waals surface area contributed by atoms with Crippen LogP contribution >= 0.6 is 11.8 Å². The molecule has 0 bridgehead atoms. The summed E-state index contributed by atoms with van der Waals surface area (Å²) in [5, 5.41) is 17.0. The van der Waals surface area contributed by atoms with Crippen molar-refractivity contribution in [3.63, 3.8) is 0 Å². The number of carbonyl (C=O) groups is 1. The van der Waals surface area contributed by atoms with Crippen molar-refractivity contribution in [2.75, 3.05) is 11.1 Å². The predicted octanol–water partition coefficient (Wildman–Crippen LogP) is 4.99. The Morgan fingerprint density at radius 1 is 1.12 bits per heavy atom. The molecule has 0 unspecified atom stereocenters. The van der Waals surface area contributed by atoms with Crippen LogP contribution in [0.15, 0.2) is 60.1 Å². The highest BCUT2D eigenvalue weighted by Crippen LogP contribution is 2.32. The number of thioether (sulfide) groups is 1. The molecule has 1 aliphatic rings. The first-order valence-electron chi connectivity index (χ1n) is 11.5. The van der Waals surface area contributed by atoms with E-state index in [1.165, 1.54) is 30.2 Å². The van der Waals surface area contributed by atoms with E-state index in [1.807, 2.05) is 27.4 Å². The van der Waals surface area contributed by atoms with E-state index in [2.05, 4.69) is 57.6 Å². The predicted molar refractivity (Wildman–Crippen MR) is 133 cm³/mol. The summed E-state index contributed by atoms with van der Waals surface area (Å²) in [6, 6.07) is 12.3. The smallest absolute Gasteiger partial charge is 0.235 e. The second-order valence-corrected chi connectivity index (χ2v) is 9.55. The number of amides is 1. The largest absolute Gasteiger partial charge is 0.310 e. The van der Waals surface area contributed by atoms with Crippen molar-refractivity contribution in [3.8, 4) is 17.1 Å². The lowest BCUT2D eigenvalue weighted by atomic mass is 10.1. The summed E-state index contributed by atoms with van der Waals surface area (Å²) in [6.07, 6.45) is 9.89. The Labute approximate surface area is 202 Å². The molecule has 1 amide bonds. The van der Waals surface area contributed by atoms with E-state index in [-0.39, 0.29) is 11.7 Å². The van der Waals surface area contributed by atoms with Crippen molar-refractivity contribution < 1.29 is 4.79 Å². The third-order valence-corrected chi connectivity index (χ3v) is 7.02. The van der Waals surface area contributed by atoms with Gasteiger partial charge in [-0.05, 0) is 50.5 Å². The van der Waals surface area contributed by atoms with Crippen molar-refractivity contribution in [3.05, 3.63) is 66.1 Å². The van der Waals surface area contributed by atoms with Crippen LogP contribution in [0, 0.1) is 13.8 Å². The second-order valence-electron chi connectivity index (χ2n) is 8.61. The average Bonchev–Trinajstić information content (AvgIpc) is 3.59. The standard InChI is InChI=1S/C25H27N7OS/c1-17-9-10-21(18(2)14-17)31-24(19-6-5-12-26-15-19)29-30-25(31)34-16-23(33)28-22-11-13-27-32(22)20-7-3-4-8-20/h5-6,9-15,20H,3-4,7-8,16H2,1-2H3,(H,28,33). The van der Waals surface area contributed by atoms with Crippen molar-refractivity contribution in [1.29, 1.82) is 0 Å². The van der Waals surface area contributed by atoms with Crippen LogP contribution in [-0.4, -0.2) is 41.2 Å². The van der Waals surface area contributed by atoms with E-state index in [1.54, 1.807) is 18.6 Å². The van der Waals surface area contributed by atoms with Crippen molar-refractivity contribution in [2.24, 2.45) is 0 Å². The number of nitrogens with one attached hydrogen (secondary N) is 1.